The normalized spacial score (nSPS) is 28.4. The minimum atomic E-state index is 0.899. The molecule has 0 spiro atoms. The zero-order chi connectivity index (χ0) is 10.7. The second-order valence-corrected chi connectivity index (χ2v) is 6.72. The fourth-order valence-corrected chi connectivity index (χ4v) is 3.14. The monoisotopic (exact) mass is 323 g/mol. The molecule has 0 amide bonds. The number of nitrogens with two attached hydrogens (primary N) is 1. The molecule has 0 aliphatic carbocycles. The first-order valence-corrected chi connectivity index (χ1v) is 7.34. The van der Waals surface area contributed by atoms with Crippen molar-refractivity contribution >= 4 is 22.6 Å². The highest BCUT2D eigenvalue weighted by atomic mass is 127. The highest BCUT2D eigenvalue weighted by Crippen LogP contribution is 2.22. The van der Waals surface area contributed by atoms with Gasteiger partial charge in [-0.15, -0.1) is 0 Å². The number of hydrogen-bond donors (Lipinski definition) is 1. The van der Waals surface area contributed by atoms with E-state index in [2.05, 4.69) is 27.5 Å². The topological polar surface area (TPSA) is 32.5 Å². The molecular formula is C11H22IN3. The first-order chi connectivity index (χ1) is 7.24. The van der Waals surface area contributed by atoms with Gasteiger partial charge in [-0.25, -0.2) is 5.01 Å². The zero-order valence-electron chi connectivity index (χ0n) is 9.37. The van der Waals surface area contributed by atoms with Crippen LogP contribution in [0.3, 0.4) is 0 Å². The van der Waals surface area contributed by atoms with Crippen molar-refractivity contribution in [1.29, 1.82) is 0 Å². The summed E-state index contributed by atoms with van der Waals surface area (Å²) in [7, 11) is 0. The van der Waals surface area contributed by atoms with E-state index in [1.807, 2.05) is 5.01 Å². The number of halogens is 1. The summed E-state index contributed by atoms with van der Waals surface area (Å²) in [6.07, 6.45) is 5.36. The van der Waals surface area contributed by atoms with Crippen molar-refractivity contribution in [2.24, 2.45) is 11.8 Å². The van der Waals surface area contributed by atoms with Crippen LogP contribution in [0, 0.1) is 5.92 Å². The molecule has 2 fully saturated rings. The molecule has 2 aliphatic rings. The summed E-state index contributed by atoms with van der Waals surface area (Å²) < 4.78 is 0.921. The highest BCUT2D eigenvalue weighted by molar-refractivity contribution is 14.1. The average Bonchev–Trinajstić information content (AvgIpc) is 2.25. The van der Waals surface area contributed by atoms with E-state index in [4.69, 9.17) is 5.84 Å². The molecule has 2 heterocycles. The van der Waals surface area contributed by atoms with Crippen molar-refractivity contribution in [1.82, 2.24) is 9.91 Å². The lowest BCUT2D eigenvalue weighted by molar-refractivity contribution is 0.134. The van der Waals surface area contributed by atoms with Gasteiger partial charge in [-0.05, 0) is 44.7 Å². The van der Waals surface area contributed by atoms with Crippen LogP contribution in [0.1, 0.15) is 25.7 Å². The Morgan fingerprint density at radius 1 is 1.00 bits per heavy atom. The number of piperidine rings is 2. The van der Waals surface area contributed by atoms with Crippen molar-refractivity contribution in [3.63, 3.8) is 0 Å². The molecule has 0 aromatic carbocycles. The molecule has 4 heteroatoms. The van der Waals surface area contributed by atoms with Gasteiger partial charge in [0.15, 0.2) is 0 Å². The summed E-state index contributed by atoms with van der Waals surface area (Å²) in [6, 6.07) is 0. The molecule has 3 nitrogen and oxygen atoms in total. The molecule has 0 unspecified atom stereocenters. The molecule has 0 atom stereocenters. The SMILES string of the molecule is NN1CCC(CN2CCC(I)CC2)CC1. The van der Waals surface area contributed by atoms with Gasteiger partial charge in [0.05, 0.1) is 0 Å². The van der Waals surface area contributed by atoms with E-state index in [-0.39, 0.29) is 0 Å². The van der Waals surface area contributed by atoms with E-state index < -0.39 is 0 Å². The lowest BCUT2D eigenvalue weighted by Gasteiger charge is -2.35. The summed E-state index contributed by atoms with van der Waals surface area (Å²) >= 11 is 2.59. The summed E-state index contributed by atoms with van der Waals surface area (Å²) in [5, 5.41) is 1.97. The molecule has 2 N–H and O–H groups in total. The number of hydrazine groups is 1. The van der Waals surface area contributed by atoms with E-state index in [1.165, 1.54) is 45.3 Å². The number of hydrogen-bond acceptors (Lipinski definition) is 3. The second kappa shape index (κ2) is 5.80. The first-order valence-electron chi connectivity index (χ1n) is 6.10. The first kappa shape index (κ1) is 12.1. The van der Waals surface area contributed by atoms with Gasteiger partial charge >= 0.3 is 0 Å². The third-order valence-electron chi connectivity index (χ3n) is 3.68. The molecule has 2 rings (SSSR count). The van der Waals surface area contributed by atoms with Crippen molar-refractivity contribution in [2.45, 2.75) is 29.6 Å². The Balaban J connectivity index is 1.68. The maximum absolute atomic E-state index is 5.77. The Bertz CT molecular complexity index is 164. The number of nitrogens with zero attached hydrogens (tertiary/aromatic N) is 2. The Morgan fingerprint density at radius 2 is 1.60 bits per heavy atom. The Morgan fingerprint density at radius 3 is 2.20 bits per heavy atom. The summed E-state index contributed by atoms with van der Waals surface area (Å²) in [4.78, 5) is 2.66. The molecule has 15 heavy (non-hydrogen) atoms. The van der Waals surface area contributed by atoms with Gasteiger partial charge < -0.3 is 4.90 Å². The van der Waals surface area contributed by atoms with E-state index in [9.17, 15) is 0 Å². The maximum Gasteiger partial charge on any atom is 0.0134 e. The summed E-state index contributed by atoms with van der Waals surface area (Å²) in [6.45, 7) is 6.13. The van der Waals surface area contributed by atoms with Crippen LogP contribution in [0.15, 0.2) is 0 Å². The number of alkyl halides is 1. The third-order valence-corrected chi connectivity index (χ3v) is 4.93. The zero-order valence-corrected chi connectivity index (χ0v) is 11.5. The van der Waals surface area contributed by atoms with Gasteiger partial charge in [0.25, 0.3) is 0 Å². The molecule has 0 saturated carbocycles. The lowest BCUT2D eigenvalue weighted by Crippen LogP contribution is -2.43. The van der Waals surface area contributed by atoms with Crippen molar-refractivity contribution in [3.8, 4) is 0 Å². The lowest BCUT2D eigenvalue weighted by atomic mass is 9.96. The molecule has 2 saturated heterocycles. The predicted molar refractivity (Wildman–Crippen MR) is 72.0 cm³/mol. The summed E-state index contributed by atoms with van der Waals surface area (Å²) in [5.41, 5.74) is 0. The predicted octanol–water partition coefficient (Wildman–Crippen LogP) is 1.47. The third kappa shape index (κ3) is 3.84. The van der Waals surface area contributed by atoms with Crippen LogP contribution in [-0.2, 0) is 0 Å². The Hall–Kier alpha value is 0.610. The van der Waals surface area contributed by atoms with Gasteiger partial charge in [-0.1, -0.05) is 22.6 Å². The molecule has 0 aromatic rings. The van der Waals surface area contributed by atoms with Crippen molar-refractivity contribution in [2.75, 3.05) is 32.7 Å². The largest absolute Gasteiger partial charge is 0.303 e. The van der Waals surface area contributed by atoms with Gasteiger partial charge in [0.1, 0.15) is 0 Å². The second-order valence-electron chi connectivity index (χ2n) is 4.95. The molecular weight excluding hydrogens is 301 g/mol. The Kier molecular flexibility index (Phi) is 4.67. The molecule has 0 radical (unpaired) electrons. The van der Waals surface area contributed by atoms with Crippen LogP contribution in [0.5, 0.6) is 0 Å². The van der Waals surface area contributed by atoms with Gasteiger partial charge in [-0.2, -0.15) is 0 Å². The fourth-order valence-electron chi connectivity index (χ4n) is 2.58. The highest BCUT2D eigenvalue weighted by Gasteiger charge is 2.22. The van der Waals surface area contributed by atoms with E-state index >= 15 is 0 Å². The standard InChI is InChI=1S/C11H22IN3/c12-11-3-5-14(6-4-11)9-10-1-7-15(13)8-2-10/h10-11H,1-9,13H2. The van der Waals surface area contributed by atoms with Crippen molar-refractivity contribution < 1.29 is 0 Å². The molecule has 0 bridgehead atoms. The van der Waals surface area contributed by atoms with E-state index in [0.29, 0.717) is 0 Å². The molecule has 88 valence electrons. The number of rotatable bonds is 2. The van der Waals surface area contributed by atoms with Crippen LogP contribution in [0.2, 0.25) is 0 Å². The van der Waals surface area contributed by atoms with Crippen molar-refractivity contribution in [3.05, 3.63) is 0 Å². The fraction of sp³-hybridized carbons (Fsp3) is 1.00. The maximum atomic E-state index is 5.77. The minimum Gasteiger partial charge on any atom is -0.303 e. The smallest absolute Gasteiger partial charge is 0.0134 e. The average molecular weight is 323 g/mol. The molecule has 0 aromatic heterocycles. The molecule has 2 aliphatic heterocycles. The van der Waals surface area contributed by atoms with Gasteiger partial charge in [0, 0.05) is 23.6 Å². The van der Waals surface area contributed by atoms with E-state index in [0.717, 1.165) is 22.9 Å². The van der Waals surface area contributed by atoms with Crippen LogP contribution in [0.4, 0.5) is 0 Å². The van der Waals surface area contributed by atoms with Crippen LogP contribution in [0.25, 0.3) is 0 Å². The minimum absolute atomic E-state index is 0.899. The van der Waals surface area contributed by atoms with Crippen LogP contribution in [-0.4, -0.2) is 46.6 Å². The van der Waals surface area contributed by atoms with Gasteiger partial charge in [-0.3, -0.25) is 5.84 Å². The van der Waals surface area contributed by atoms with Crippen LogP contribution >= 0.6 is 22.6 Å². The quantitative estimate of drug-likeness (QED) is 0.475. The number of likely N-dealkylation sites (tertiary alicyclic amines) is 1. The van der Waals surface area contributed by atoms with Gasteiger partial charge in [0.2, 0.25) is 0 Å². The van der Waals surface area contributed by atoms with Crippen LogP contribution < -0.4 is 5.84 Å². The summed E-state index contributed by atoms with van der Waals surface area (Å²) in [5.74, 6) is 6.67. The van der Waals surface area contributed by atoms with E-state index in [1.54, 1.807) is 0 Å². The Labute approximate surface area is 106 Å².